The molecule has 0 aromatic carbocycles. The van der Waals surface area contributed by atoms with Crippen LogP contribution in [0.1, 0.15) is 24.2 Å². The molecule has 0 bridgehead atoms. The van der Waals surface area contributed by atoms with Crippen LogP contribution in [0.5, 0.6) is 0 Å². The maximum Gasteiger partial charge on any atom is 0.338 e. The van der Waals surface area contributed by atoms with Crippen LogP contribution in [0, 0.1) is 5.92 Å². The van der Waals surface area contributed by atoms with Gasteiger partial charge >= 0.3 is 11.9 Å². The third kappa shape index (κ3) is 3.78. The van der Waals surface area contributed by atoms with E-state index in [-0.39, 0.29) is 9.77 Å². The number of carboxylic acids is 1. The Morgan fingerprint density at radius 1 is 1.40 bits per heavy atom. The first kappa shape index (κ1) is 16.6. The predicted molar refractivity (Wildman–Crippen MR) is 72.2 cm³/mol. The van der Waals surface area contributed by atoms with Crippen molar-refractivity contribution >= 4 is 33.3 Å². The highest BCUT2D eigenvalue weighted by molar-refractivity contribution is 7.91. The van der Waals surface area contributed by atoms with Crippen molar-refractivity contribution in [3.8, 4) is 0 Å². The van der Waals surface area contributed by atoms with Crippen LogP contribution in [0.4, 0.5) is 0 Å². The summed E-state index contributed by atoms with van der Waals surface area (Å²) in [5.74, 6) is -2.32. The van der Waals surface area contributed by atoms with E-state index in [4.69, 9.17) is 5.11 Å². The van der Waals surface area contributed by atoms with Gasteiger partial charge in [0.25, 0.3) is 10.0 Å². The highest BCUT2D eigenvalue weighted by Gasteiger charge is 2.29. The summed E-state index contributed by atoms with van der Waals surface area (Å²) in [4.78, 5) is 22.3. The summed E-state index contributed by atoms with van der Waals surface area (Å²) >= 11 is 0.821. The van der Waals surface area contributed by atoms with Crippen molar-refractivity contribution in [3.63, 3.8) is 0 Å². The third-order valence-corrected chi connectivity index (χ3v) is 5.36. The molecule has 0 aliphatic carbocycles. The van der Waals surface area contributed by atoms with E-state index < -0.39 is 33.9 Å². The van der Waals surface area contributed by atoms with E-state index >= 15 is 0 Å². The van der Waals surface area contributed by atoms with Gasteiger partial charge < -0.3 is 9.84 Å². The molecular formula is C11H15NO6S2. The fourth-order valence-electron chi connectivity index (χ4n) is 1.38. The molecule has 1 atom stereocenters. The first-order valence-corrected chi connectivity index (χ1v) is 7.97. The number of esters is 1. The Balaban J connectivity index is 3.02. The average molecular weight is 321 g/mol. The number of carboxylic acid groups (broad SMARTS) is 1. The number of hydrogen-bond donors (Lipinski definition) is 2. The molecule has 7 nitrogen and oxygen atoms in total. The Morgan fingerprint density at radius 3 is 2.45 bits per heavy atom. The normalized spacial score (nSPS) is 13.2. The summed E-state index contributed by atoms with van der Waals surface area (Å²) in [5, 5.41) is 10.3. The summed E-state index contributed by atoms with van der Waals surface area (Å²) in [6, 6.07) is -0.0818. The van der Waals surface area contributed by atoms with Gasteiger partial charge in [0.2, 0.25) is 0 Å². The van der Waals surface area contributed by atoms with Crippen molar-refractivity contribution in [3.05, 3.63) is 17.0 Å². The van der Waals surface area contributed by atoms with E-state index in [1.165, 1.54) is 12.5 Å². The van der Waals surface area contributed by atoms with Gasteiger partial charge in [-0.15, -0.1) is 11.3 Å². The molecule has 112 valence electrons. The maximum atomic E-state index is 12.1. The van der Waals surface area contributed by atoms with Crippen molar-refractivity contribution in [1.29, 1.82) is 0 Å². The molecule has 1 aromatic rings. The number of rotatable bonds is 6. The van der Waals surface area contributed by atoms with Crippen LogP contribution < -0.4 is 4.72 Å². The number of aliphatic carboxylic acids is 1. The van der Waals surface area contributed by atoms with Crippen molar-refractivity contribution in [2.24, 2.45) is 5.92 Å². The second-order valence-corrected chi connectivity index (χ2v) is 7.18. The second-order valence-electron chi connectivity index (χ2n) is 4.33. The minimum atomic E-state index is -3.99. The van der Waals surface area contributed by atoms with E-state index in [0.29, 0.717) is 0 Å². The van der Waals surface area contributed by atoms with Crippen molar-refractivity contribution in [2.75, 3.05) is 7.11 Å². The van der Waals surface area contributed by atoms with Gasteiger partial charge in [-0.3, -0.25) is 4.79 Å². The minimum Gasteiger partial charge on any atom is -0.480 e. The van der Waals surface area contributed by atoms with E-state index in [0.717, 1.165) is 17.4 Å². The Hall–Kier alpha value is -1.45. The molecule has 0 spiro atoms. The summed E-state index contributed by atoms with van der Waals surface area (Å²) in [6.07, 6.45) is 0. The molecule has 1 rings (SSSR count). The van der Waals surface area contributed by atoms with E-state index in [1.54, 1.807) is 13.8 Å². The number of carbonyl (C=O) groups excluding carboxylic acids is 1. The summed E-state index contributed by atoms with van der Waals surface area (Å²) in [6.45, 7) is 3.19. The molecule has 0 radical (unpaired) electrons. The molecule has 9 heteroatoms. The van der Waals surface area contributed by atoms with Gasteiger partial charge in [0.1, 0.15) is 10.3 Å². The smallest absolute Gasteiger partial charge is 0.338 e. The molecule has 2 N–H and O–H groups in total. The van der Waals surface area contributed by atoms with Gasteiger partial charge in [0.05, 0.1) is 12.7 Å². The highest BCUT2D eigenvalue weighted by Crippen LogP contribution is 2.21. The molecule has 0 saturated heterocycles. The number of ether oxygens (including phenoxy) is 1. The molecule has 0 saturated carbocycles. The number of carbonyl (C=O) groups is 2. The van der Waals surface area contributed by atoms with Gasteiger partial charge in [-0.05, 0) is 12.0 Å². The molecule has 0 unspecified atom stereocenters. The number of sulfonamides is 1. The van der Waals surface area contributed by atoms with Crippen LogP contribution in [-0.2, 0) is 19.6 Å². The number of hydrogen-bond acceptors (Lipinski definition) is 6. The van der Waals surface area contributed by atoms with E-state index in [1.807, 2.05) is 0 Å². The molecule has 0 aliphatic rings. The first-order chi connectivity index (χ1) is 9.19. The Kier molecular flexibility index (Phi) is 5.26. The number of nitrogens with one attached hydrogen (secondary N) is 1. The summed E-state index contributed by atoms with van der Waals surface area (Å²) in [7, 11) is -2.80. The highest BCUT2D eigenvalue weighted by atomic mass is 32.2. The zero-order chi connectivity index (χ0) is 15.5. The predicted octanol–water partition coefficient (Wildman–Crippen LogP) is 0.922. The summed E-state index contributed by atoms with van der Waals surface area (Å²) in [5.41, 5.74) is 0.106. The van der Waals surface area contributed by atoms with Gasteiger partial charge in [-0.1, -0.05) is 13.8 Å². The molecule has 1 heterocycles. The molecule has 1 aromatic heterocycles. The van der Waals surface area contributed by atoms with Crippen molar-refractivity contribution in [2.45, 2.75) is 24.1 Å². The summed E-state index contributed by atoms with van der Waals surface area (Å²) < 4.78 is 30.6. The van der Waals surface area contributed by atoms with Crippen LogP contribution in [0.15, 0.2) is 15.7 Å². The zero-order valence-corrected chi connectivity index (χ0v) is 12.7. The second kappa shape index (κ2) is 6.33. The fourth-order valence-corrected chi connectivity index (χ4v) is 3.88. The first-order valence-electron chi connectivity index (χ1n) is 5.61. The van der Waals surface area contributed by atoms with Crippen molar-refractivity contribution < 1.29 is 27.9 Å². The lowest BCUT2D eigenvalue weighted by Gasteiger charge is -2.17. The third-order valence-electron chi connectivity index (χ3n) is 2.48. The average Bonchev–Trinajstić information content (AvgIpc) is 2.84. The van der Waals surface area contributed by atoms with Crippen LogP contribution in [-0.4, -0.2) is 38.6 Å². The minimum absolute atomic E-state index is 0.106. The SMILES string of the molecule is COC(=O)c1csc(S(=O)(=O)N[C@H](C(=O)O)C(C)C)c1. The zero-order valence-electron chi connectivity index (χ0n) is 11.1. The lowest BCUT2D eigenvalue weighted by atomic mass is 10.1. The standard InChI is InChI=1S/C11H15NO6S2/c1-6(2)9(10(13)14)12-20(16,17)8-4-7(5-19-8)11(15)18-3/h4-6,9,12H,1-3H3,(H,13,14)/t9-/m0/s1. The van der Waals surface area contributed by atoms with Crippen molar-refractivity contribution in [1.82, 2.24) is 4.72 Å². The Labute approximate surface area is 120 Å². The molecule has 0 fully saturated rings. The Morgan fingerprint density at radius 2 is 2.00 bits per heavy atom. The van der Waals surface area contributed by atoms with Crippen LogP contribution in [0.3, 0.4) is 0 Å². The topological polar surface area (TPSA) is 110 Å². The van der Waals surface area contributed by atoms with Crippen LogP contribution in [0.25, 0.3) is 0 Å². The van der Waals surface area contributed by atoms with Gasteiger partial charge in [-0.2, -0.15) is 4.72 Å². The molecule has 0 amide bonds. The fraction of sp³-hybridized carbons (Fsp3) is 0.455. The van der Waals surface area contributed by atoms with Gasteiger partial charge in [0, 0.05) is 5.38 Å². The van der Waals surface area contributed by atoms with Gasteiger partial charge in [0.15, 0.2) is 0 Å². The monoisotopic (exact) mass is 321 g/mol. The lowest BCUT2D eigenvalue weighted by molar-refractivity contribution is -0.140. The van der Waals surface area contributed by atoms with E-state index in [2.05, 4.69) is 9.46 Å². The molecule has 0 aliphatic heterocycles. The number of methoxy groups -OCH3 is 1. The van der Waals surface area contributed by atoms with Crippen LogP contribution in [0.2, 0.25) is 0 Å². The van der Waals surface area contributed by atoms with Gasteiger partial charge in [-0.25, -0.2) is 13.2 Å². The Bertz CT molecular complexity index is 604. The van der Waals surface area contributed by atoms with E-state index in [9.17, 15) is 18.0 Å². The molecule has 20 heavy (non-hydrogen) atoms. The maximum absolute atomic E-state index is 12.1. The molecular weight excluding hydrogens is 306 g/mol. The number of thiophene rings is 1. The quantitative estimate of drug-likeness (QED) is 0.754. The largest absolute Gasteiger partial charge is 0.480 e. The van der Waals surface area contributed by atoms with Crippen LogP contribution >= 0.6 is 11.3 Å². The lowest BCUT2D eigenvalue weighted by Crippen LogP contribution is -2.43.